The maximum atomic E-state index is 6.08. The lowest BCUT2D eigenvalue weighted by atomic mass is 10.0. The van der Waals surface area contributed by atoms with Gasteiger partial charge in [0.25, 0.3) is 0 Å². The van der Waals surface area contributed by atoms with Gasteiger partial charge in [-0.15, -0.1) is 0 Å². The van der Waals surface area contributed by atoms with Crippen LogP contribution in [0.15, 0.2) is 0 Å². The Kier molecular flexibility index (Phi) is 26.8. The van der Waals surface area contributed by atoms with E-state index in [1.807, 2.05) is 0 Å². The lowest BCUT2D eigenvalue weighted by Gasteiger charge is -2.28. The minimum absolute atomic E-state index is 0.805. The molecule has 0 N–H and O–H groups in total. The van der Waals surface area contributed by atoms with Crippen LogP contribution in [-0.2, 0) is 8.85 Å². The SMILES string of the molecule is CCCCCCCCCCCCCCCCCCCCCCCC[Si](CC)(OCC)OCC. The van der Waals surface area contributed by atoms with Crippen molar-refractivity contribution in [1.29, 1.82) is 0 Å². The van der Waals surface area contributed by atoms with Gasteiger partial charge in [0, 0.05) is 13.2 Å². The predicted molar refractivity (Wildman–Crippen MR) is 152 cm³/mol. The van der Waals surface area contributed by atoms with E-state index in [2.05, 4.69) is 27.7 Å². The van der Waals surface area contributed by atoms with Gasteiger partial charge in [-0.3, -0.25) is 0 Å². The average molecular weight is 485 g/mol. The van der Waals surface area contributed by atoms with Crippen molar-refractivity contribution in [3.63, 3.8) is 0 Å². The average Bonchev–Trinajstić information content (AvgIpc) is 2.82. The molecule has 0 unspecified atom stereocenters. The summed E-state index contributed by atoms with van der Waals surface area (Å²) in [6.07, 6.45) is 31.8. The van der Waals surface area contributed by atoms with Crippen molar-refractivity contribution < 1.29 is 8.85 Å². The Labute approximate surface area is 211 Å². The highest BCUT2D eigenvalue weighted by molar-refractivity contribution is 6.67. The van der Waals surface area contributed by atoms with Crippen molar-refractivity contribution in [2.45, 2.75) is 181 Å². The van der Waals surface area contributed by atoms with E-state index in [0.717, 1.165) is 19.3 Å². The first kappa shape index (κ1) is 33.1. The molecule has 0 saturated carbocycles. The molecule has 0 aliphatic heterocycles. The van der Waals surface area contributed by atoms with Gasteiger partial charge in [-0.1, -0.05) is 155 Å². The molecule has 2 nitrogen and oxygen atoms in total. The maximum absolute atomic E-state index is 6.08. The van der Waals surface area contributed by atoms with Crippen LogP contribution in [-0.4, -0.2) is 21.8 Å². The van der Waals surface area contributed by atoms with Crippen molar-refractivity contribution >= 4 is 8.56 Å². The van der Waals surface area contributed by atoms with Crippen LogP contribution < -0.4 is 0 Å². The molecule has 3 heteroatoms. The van der Waals surface area contributed by atoms with Crippen LogP contribution in [0.1, 0.15) is 169 Å². The summed E-state index contributed by atoms with van der Waals surface area (Å²) in [7, 11) is -1.89. The summed E-state index contributed by atoms with van der Waals surface area (Å²) >= 11 is 0. The van der Waals surface area contributed by atoms with Crippen LogP contribution in [0.25, 0.3) is 0 Å². The Morgan fingerprint density at radius 1 is 0.364 bits per heavy atom. The number of rotatable bonds is 28. The second-order valence-corrected chi connectivity index (χ2v) is 13.9. The molecule has 0 saturated heterocycles. The van der Waals surface area contributed by atoms with E-state index in [9.17, 15) is 0 Å². The Balaban J connectivity index is 3.27. The predicted octanol–water partition coefficient (Wildman–Crippen LogP) is 11.1. The van der Waals surface area contributed by atoms with E-state index in [1.54, 1.807) is 0 Å². The second-order valence-electron chi connectivity index (χ2n) is 10.3. The summed E-state index contributed by atoms with van der Waals surface area (Å²) in [4.78, 5) is 0. The Hall–Kier alpha value is 0.137. The Morgan fingerprint density at radius 3 is 0.879 bits per heavy atom. The zero-order chi connectivity index (χ0) is 24.3. The molecule has 33 heavy (non-hydrogen) atoms. The standard InChI is InChI=1S/C30H64O2Si/c1-5-9-10-11-12-13-14-15-16-17-18-19-20-21-22-23-24-25-26-27-28-29-30-33(8-4,31-6-2)32-7-3/h5-30H2,1-4H3. The first-order valence-electron chi connectivity index (χ1n) is 15.5. The fourth-order valence-corrected chi connectivity index (χ4v) is 8.07. The highest BCUT2D eigenvalue weighted by Gasteiger charge is 2.33. The zero-order valence-corrected chi connectivity index (χ0v) is 24.7. The molecule has 0 aromatic carbocycles. The molecule has 0 aromatic rings. The van der Waals surface area contributed by atoms with Crippen LogP contribution in [0, 0.1) is 0 Å². The highest BCUT2D eigenvalue weighted by Crippen LogP contribution is 2.23. The summed E-state index contributed by atoms with van der Waals surface area (Å²) in [6, 6.07) is 2.28. The molecule has 0 fully saturated rings. The van der Waals surface area contributed by atoms with E-state index in [1.165, 1.54) is 147 Å². The molecule has 0 amide bonds. The fourth-order valence-electron chi connectivity index (χ4n) is 5.10. The molecule has 0 aliphatic carbocycles. The molecule has 0 aromatic heterocycles. The second kappa shape index (κ2) is 26.7. The van der Waals surface area contributed by atoms with E-state index >= 15 is 0 Å². The monoisotopic (exact) mass is 484 g/mol. The fraction of sp³-hybridized carbons (Fsp3) is 1.00. The van der Waals surface area contributed by atoms with Gasteiger partial charge < -0.3 is 8.85 Å². The van der Waals surface area contributed by atoms with Gasteiger partial charge in [-0.05, 0) is 25.9 Å². The largest absolute Gasteiger partial charge is 0.394 e. The van der Waals surface area contributed by atoms with Gasteiger partial charge in [0.05, 0.1) is 0 Å². The highest BCUT2D eigenvalue weighted by atomic mass is 28.4. The molecular formula is C30H64O2Si. The third kappa shape index (κ3) is 22.4. The molecule has 0 heterocycles. The molecule has 200 valence electrons. The van der Waals surface area contributed by atoms with Crippen molar-refractivity contribution in [3.8, 4) is 0 Å². The third-order valence-corrected chi connectivity index (χ3v) is 11.1. The lowest BCUT2D eigenvalue weighted by molar-refractivity contribution is 0.182. The molecular weight excluding hydrogens is 420 g/mol. The minimum Gasteiger partial charge on any atom is -0.394 e. The summed E-state index contributed by atoms with van der Waals surface area (Å²) in [5.41, 5.74) is 0. The van der Waals surface area contributed by atoms with Crippen LogP contribution in [0.5, 0.6) is 0 Å². The van der Waals surface area contributed by atoms with Crippen LogP contribution in [0.4, 0.5) is 0 Å². The molecule has 0 atom stereocenters. The maximum Gasteiger partial charge on any atom is 0.337 e. The van der Waals surface area contributed by atoms with Gasteiger partial charge in [0.15, 0.2) is 0 Å². The summed E-state index contributed by atoms with van der Waals surface area (Å²) in [5.74, 6) is 0. The van der Waals surface area contributed by atoms with Crippen molar-refractivity contribution in [3.05, 3.63) is 0 Å². The van der Waals surface area contributed by atoms with Crippen molar-refractivity contribution in [1.82, 2.24) is 0 Å². The summed E-state index contributed by atoms with van der Waals surface area (Å²) < 4.78 is 12.2. The molecule has 0 spiro atoms. The number of unbranched alkanes of at least 4 members (excludes halogenated alkanes) is 21. The molecule has 0 aliphatic rings. The van der Waals surface area contributed by atoms with Crippen LogP contribution in [0.2, 0.25) is 12.1 Å². The normalized spacial score (nSPS) is 12.0. The van der Waals surface area contributed by atoms with Gasteiger partial charge in [-0.25, -0.2) is 0 Å². The molecule has 0 rings (SSSR count). The number of hydrogen-bond donors (Lipinski definition) is 0. The van der Waals surface area contributed by atoms with Gasteiger partial charge in [0.1, 0.15) is 0 Å². The van der Waals surface area contributed by atoms with Gasteiger partial charge >= 0.3 is 8.56 Å². The van der Waals surface area contributed by atoms with Crippen LogP contribution >= 0.6 is 0 Å². The summed E-state index contributed by atoms with van der Waals surface area (Å²) in [6.45, 7) is 10.4. The first-order valence-corrected chi connectivity index (χ1v) is 17.8. The van der Waals surface area contributed by atoms with Crippen molar-refractivity contribution in [2.75, 3.05) is 13.2 Å². The van der Waals surface area contributed by atoms with E-state index in [-0.39, 0.29) is 0 Å². The van der Waals surface area contributed by atoms with Crippen molar-refractivity contribution in [2.24, 2.45) is 0 Å². The van der Waals surface area contributed by atoms with Crippen LogP contribution in [0.3, 0.4) is 0 Å². The minimum atomic E-state index is -1.89. The Morgan fingerprint density at radius 2 is 0.636 bits per heavy atom. The smallest absolute Gasteiger partial charge is 0.337 e. The summed E-state index contributed by atoms with van der Waals surface area (Å²) in [5, 5.41) is 0. The zero-order valence-electron chi connectivity index (χ0n) is 23.7. The lowest BCUT2D eigenvalue weighted by Crippen LogP contribution is -2.41. The van der Waals surface area contributed by atoms with E-state index < -0.39 is 8.56 Å². The molecule has 0 radical (unpaired) electrons. The topological polar surface area (TPSA) is 18.5 Å². The first-order chi connectivity index (χ1) is 16.2. The van der Waals surface area contributed by atoms with E-state index in [0.29, 0.717) is 0 Å². The number of hydrogen-bond acceptors (Lipinski definition) is 2. The van der Waals surface area contributed by atoms with Gasteiger partial charge in [0.2, 0.25) is 0 Å². The quantitative estimate of drug-likeness (QED) is 0.0811. The third-order valence-electron chi connectivity index (χ3n) is 7.26. The van der Waals surface area contributed by atoms with Gasteiger partial charge in [-0.2, -0.15) is 0 Å². The van der Waals surface area contributed by atoms with E-state index in [4.69, 9.17) is 8.85 Å². The Bertz CT molecular complexity index is 355. The molecule has 0 bridgehead atoms.